The van der Waals surface area contributed by atoms with Gasteiger partial charge >= 0.3 is 6.18 Å². The zero-order valence-electron chi connectivity index (χ0n) is 10.6. The van der Waals surface area contributed by atoms with E-state index in [4.69, 9.17) is 5.26 Å². The molecule has 5 heteroatoms. The SMILES string of the molecule is Cc1ccccc1Nc1ccc(C(F)(F)F)c(C#N)c1. The fourth-order valence-corrected chi connectivity index (χ4v) is 1.83. The summed E-state index contributed by atoms with van der Waals surface area (Å²) in [6.07, 6.45) is -4.52. The number of nitrogens with one attached hydrogen (secondary N) is 1. The molecule has 2 nitrogen and oxygen atoms in total. The maximum atomic E-state index is 12.7. The fourth-order valence-electron chi connectivity index (χ4n) is 1.83. The third-order valence-corrected chi connectivity index (χ3v) is 2.87. The van der Waals surface area contributed by atoms with Crippen molar-refractivity contribution in [2.75, 3.05) is 5.32 Å². The molecule has 0 amide bonds. The normalized spacial score (nSPS) is 10.9. The van der Waals surface area contributed by atoms with Crippen molar-refractivity contribution in [1.82, 2.24) is 0 Å². The highest BCUT2D eigenvalue weighted by atomic mass is 19.4. The number of alkyl halides is 3. The van der Waals surface area contributed by atoms with Gasteiger partial charge in [0.05, 0.1) is 17.2 Å². The first-order chi connectivity index (χ1) is 9.41. The number of hydrogen-bond acceptors (Lipinski definition) is 2. The number of benzene rings is 2. The predicted octanol–water partition coefficient (Wildman–Crippen LogP) is 4.63. The summed E-state index contributed by atoms with van der Waals surface area (Å²) >= 11 is 0. The number of nitriles is 1. The van der Waals surface area contributed by atoms with E-state index in [9.17, 15) is 13.2 Å². The topological polar surface area (TPSA) is 35.8 Å². The summed E-state index contributed by atoms with van der Waals surface area (Å²) in [4.78, 5) is 0. The zero-order chi connectivity index (χ0) is 14.8. The summed E-state index contributed by atoms with van der Waals surface area (Å²) in [7, 11) is 0. The van der Waals surface area contributed by atoms with Crippen LogP contribution in [0.25, 0.3) is 0 Å². The molecule has 0 aliphatic heterocycles. The van der Waals surface area contributed by atoms with Crippen molar-refractivity contribution >= 4 is 11.4 Å². The van der Waals surface area contributed by atoms with E-state index in [1.807, 2.05) is 31.2 Å². The minimum Gasteiger partial charge on any atom is -0.355 e. The van der Waals surface area contributed by atoms with Gasteiger partial charge in [-0.15, -0.1) is 0 Å². The molecule has 0 atom stereocenters. The Bertz CT molecular complexity index is 670. The molecular weight excluding hydrogens is 265 g/mol. The summed E-state index contributed by atoms with van der Waals surface area (Å²) in [6, 6.07) is 12.4. The number of para-hydroxylation sites is 1. The molecule has 102 valence electrons. The van der Waals surface area contributed by atoms with Gasteiger partial charge in [-0.2, -0.15) is 18.4 Å². The van der Waals surface area contributed by atoms with Gasteiger partial charge in [-0.3, -0.25) is 0 Å². The van der Waals surface area contributed by atoms with Crippen LogP contribution in [0.5, 0.6) is 0 Å². The van der Waals surface area contributed by atoms with E-state index in [1.165, 1.54) is 12.1 Å². The van der Waals surface area contributed by atoms with Crippen molar-refractivity contribution in [3.8, 4) is 6.07 Å². The van der Waals surface area contributed by atoms with E-state index in [0.29, 0.717) is 5.69 Å². The molecule has 0 saturated heterocycles. The molecule has 2 aromatic rings. The summed E-state index contributed by atoms with van der Waals surface area (Å²) in [5.74, 6) is 0. The molecular formula is C15H11F3N2. The van der Waals surface area contributed by atoms with Crippen LogP contribution in [0.4, 0.5) is 24.5 Å². The van der Waals surface area contributed by atoms with E-state index in [2.05, 4.69) is 5.32 Å². The number of aryl methyl sites for hydroxylation is 1. The van der Waals surface area contributed by atoms with Crippen LogP contribution in [0, 0.1) is 18.3 Å². The summed E-state index contributed by atoms with van der Waals surface area (Å²) in [5, 5.41) is 11.9. The van der Waals surface area contributed by atoms with E-state index in [1.54, 1.807) is 6.07 Å². The molecule has 2 aromatic carbocycles. The largest absolute Gasteiger partial charge is 0.417 e. The second kappa shape index (κ2) is 5.25. The highest BCUT2D eigenvalue weighted by Crippen LogP contribution is 2.33. The first kappa shape index (κ1) is 13.9. The fraction of sp³-hybridized carbons (Fsp3) is 0.133. The Balaban J connectivity index is 2.37. The lowest BCUT2D eigenvalue weighted by atomic mass is 10.1. The minimum atomic E-state index is -4.52. The van der Waals surface area contributed by atoms with Crippen LogP contribution in [0.3, 0.4) is 0 Å². The van der Waals surface area contributed by atoms with E-state index in [-0.39, 0.29) is 0 Å². The van der Waals surface area contributed by atoms with Crippen molar-refractivity contribution in [3.05, 3.63) is 59.2 Å². The molecule has 20 heavy (non-hydrogen) atoms. The average Bonchev–Trinajstić information content (AvgIpc) is 2.40. The first-order valence-corrected chi connectivity index (χ1v) is 5.86. The Morgan fingerprint density at radius 2 is 1.80 bits per heavy atom. The summed E-state index contributed by atoms with van der Waals surface area (Å²) in [5.41, 5.74) is 0.886. The van der Waals surface area contributed by atoms with Gasteiger partial charge in [0.1, 0.15) is 0 Å². The van der Waals surface area contributed by atoms with Gasteiger partial charge in [0, 0.05) is 11.4 Å². The number of rotatable bonds is 2. The third kappa shape index (κ3) is 2.91. The van der Waals surface area contributed by atoms with Crippen molar-refractivity contribution in [3.63, 3.8) is 0 Å². The number of halogens is 3. The Labute approximate surface area is 114 Å². The monoisotopic (exact) mass is 276 g/mol. The first-order valence-electron chi connectivity index (χ1n) is 5.86. The van der Waals surface area contributed by atoms with Crippen molar-refractivity contribution in [2.24, 2.45) is 0 Å². The third-order valence-electron chi connectivity index (χ3n) is 2.87. The number of nitrogens with zero attached hydrogens (tertiary/aromatic N) is 1. The van der Waals surface area contributed by atoms with Gasteiger partial charge in [-0.25, -0.2) is 0 Å². The highest BCUT2D eigenvalue weighted by molar-refractivity contribution is 5.65. The van der Waals surface area contributed by atoms with Gasteiger partial charge in [-0.05, 0) is 36.8 Å². The van der Waals surface area contributed by atoms with Crippen molar-refractivity contribution in [1.29, 1.82) is 5.26 Å². The summed E-state index contributed by atoms with van der Waals surface area (Å²) in [6.45, 7) is 1.89. The van der Waals surface area contributed by atoms with E-state index in [0.717, 1.165) is 17.3 Å². The number of anilines is 2. The zero-order valence-corrected chi connectivity index (χ0v) is 10.6. The van der Waals surface area contributed by atoms with Gasteiger partial charge in [0.2, 0.25) is 0 Å². The molecule has 0 bridgehead atoms. The Hall–Kier alpha value is -2.48. The Morgan fingerprint density at radius 3 is 2.40 bits per heavy atom. The molecule has 1 N–H and O–H groups in total. The van der Waals surface area contributed by atoms with Gasteiger partial charge in [0.15, 0.2) is 0 Å². The Kier molecular flexibility index (Phi) is 3.66. The van der Waals surface area contributed by atoms with Gasteiger partial charge < -0.3 is 5.32 Å². The van der Waals surface area contributed by atoms with Crippen LogP contribution in [0.15, 0.2) is 42.5 Å². The molecule has 0 spiro atoms. The standard InChI is InChI=1S/C15H11F3N2/c1-10-4-2-3-5-14(10)20-12-6-7-13(15(16,17)18)11(8-12)9-19/h2-8,20H,1H3. The van der Waals surface area contributed by atoms with Crippen LogP contribution < -0.4 is 5.32 Å². The molecule has 0 aliphatic carbocycles. The lowest BCUT2D eigenvalue weighted by molar-refractivity contribution is -0.137. The van der Waals surface area contributed by atoms with Gasteiger partial charge in [0.25, 0.3) is 0 Å². The van der Waals surface area contributed by atoms with Crippen LogP contribution in [0.2, 0.25) is 0 Å². The molecule has 0 heterocycles. The molecule has 0 unspecified atom stereocenters. The van der Waals surface area contributed by atoms with E-state index >= 15 is 0 Å². The molecule has 0 saturated carbocycles. The smallest absolute Gasteiger partial charge is 0.355 e. The maximum absolute atomic E-state index is 12.7. The average molecular weight is 276 g/mol. The Morgan fingerprint density at radius 1 is 1.10 bits per heavy atom. The maximum Gasteiger partial charge on any atom is 0.417 e. The van der Waals surface area contributed by atoms with Crippen LogP contribution in [0.1, 0.15) is 16.7 Å². The van der Waals surface area contributed by atoms with Crippen molar-refractivity contribution < 1.29 is 13.2 Å². The highest BCUT2D eigenvalue weighted by Gasteiger charge is 2.33. The summed E-state index contributed by atoms with van der Waals surface area (Å²) < 4.78 is 38.1. The van der Waals surface area contributed by atoms with Gasteiger partial charge in [-0.1, -0.05) is 18.2 Å². The minimum absolute atomic E-state index is 0.393. The van der Waals surface area contributed by atoms with Crippen LogP contribution in [-0.2, 0) is 6.18 Å². The predicted molar refractivity (Wildman–Crippen MR) is 70.6 cm³/mol. The second-order valence-corrected chi connectivity index (χ2v) is 4.31. The lowest BCUT2D eigenvalue weighted by Crippen LogP contribution is -2.08. The van der Waals surface area contributed by atoms with E-state index < -0.39 is 17.3 Å². The van der Waals surface area contributed by atoms with Crippen LogP contribution in [-0.4, -0.2) is 0 Å². The molecule has 0 aromatic heterocycles. The molecule has 0 radical (unpaired) electrons. The van der Waals surface area contributed by atoms with Crippen molar-refractivity contribution in [2.45, 2.75) is 13.1 Å². The lowest BCUT2D eigenvalue weighted by Gasteiger charge is -2.12. The second-order valence-electron chi connectivity index (χ2n) is 4.31. The molecule has 0 fully saturated rings. The molecule has 0 aliphatic rings. The quantitative estimate of drug-likeness (QED) is 0.868. The van der Waals surface area contributed by atoms with Crippen LogP contribution >= 0.6 is 0 Å². The molecule has 2 rings (SSSR count). The number of hydrogen-bond donors (Lipinski definition) is 1.